The molecule has 1 aromatic rings. The fourth-order valence-electron chi connectivity index (χ4n) is 1.96. The molecule has 0 fully saturated rings. The Kier molecular flexibility index (Phi) is 4.01. The van der Waals surface area contributed by atoms with Crippen molar-refractivity contribution in [2.75, 3.05) is 6.79 Å². The van der Waals surface area contributed by atoms with E-state index >= 15 is 0 Å². The standard InChI is InChI=1S/C13H17BrN2O3/c1-13(2,5-11(15)17)16-6-8-3-9(14)12-10(4-8)18-7-19-12/h3-4,16H,5-7H2,1-2H3,(H2,15,17). The van der Waals surface area contributed by atoms with Crippen molar-refractivity contribution >= 4 is 21.8 Å². The lowest BCUT2D eigenvalue weighted by atomic mass is 10.00. The number of halogens is 1. The van der Waals surface area contributed by atoms with Gasteiger partial charge in [-0.25, -0.2) is 0 Å². The Morgan fingerprint density at radius 1 is 1.47 bits per heavy atom. The molecule has 0 saturated heterocycles. The molecule has 0 unspecified atom stereocenters. The summed E-state index contributed by atoms with van der Waals surface area (Å²) in [5.74, 6) is 1.16. The molecular weight excluding hydrogens is 312 g/mol. The highest BCUT2D eigenvalue weighted by atomic mass is 79.9. The van der Waals surface area contributed by atoms with E-state index in [1.807, 2.05) is 26.0 Å². The predicted octanol–water partition coefficient (Wildman–Crippen LogP) is 1.92. The molecule has 1 aliphatic rings. The highest BCUT2D eigenvalue weighted by molar-refractivity contribution is 9.10. The molecular formula is C13H17BrN2O3. The number of hydrogen-bond acceptors (Lipinski definition) is 4. The van der Waals surface area contributed by atoms with Crippen molar-refractivity contribution in [2.45, 2.75) is 32.4 Å². The normalized spacial score (nSPS) is 13.6. The van der Waals surface area contributed by atoms with Gasteiger partial charge < -0.3 is 20.5 Å². The van der Waals surface area contributed by atoms with Crippen molar-refractivity contribution in [1.29, 1.82) is 0 Å². The van der Waals surface area contributed by atoms with E-state index in [2.05, 4.69) is 21.2 Å². The van der Waals surface area contributed by atoms with Gasteiger partial charge in [0.15, 0.2) is 11.5 Å². The van der Waals surface area contributed by atoms with Crippen LogP contribution in [0.25, 0.3) is 0 Å². The summed E-state index contributed by atoms with van der Waals surface area (Å²) < 4.78 is 11.6. The monoisotopic (exact) mass is 328 g/mol. The summed E-state index contributed by atoms with van der Waals surface area (Å²) in [4.78, 5) is 11.0. The highest BCUT2D eigenvalue weighted by Crippen LogP contribution is 2.40. The van der Waals surface area contributed by atoms with E-state index in [1.54, 1.807) is 0 Å². The van der Waals surface area contributed by atoms with Gasteiger partial charge in [0, 0.05) is 18.5 Å². The zero-order valence-electron chi connectivity index (χ0n) is 11.0. The van der Waals surface area contributed by atoms with Gasteiger partial charge in [0.2, 0.25) is 12.7 Å². The molecule has 1 amide bonds. The van der Waals surface area contributed by atoms with E-state index in [-0.39, 0.29) is 18.2 Å². The minimum atomic E-state index is -0.339. The summed E-state index contributed by atoms with van der Waals surface area (Å²) in [6.45, 7) is 4.76. The van der Waals surface area contributed by atoms with E-state index < -0.39 is 0 Å². The number of nitrogens with one attached hydrogen (secondary N) is 1. The van der Waals surface area contributed by atoms with E-state index in [4.69, 9.17) is 15.2 Å². The van der Waals surface area contributed by atoms with Crippen LogP contribution in [0.3, 0.4) is 0 Å². The molecule has 0 aliphatic carbocycles. The molecule has 19 heavy (non-hydrogen) atoms. The molecule has 6 heteroatoms. The highest BCUT2D eigenvalue weighted by Gasteiger charge is 2.21. The smallest absolute Gasteiger partial charge is 0.231 e. The Labute approximate surface area is 120 Å². The van der Waals surface area contributed by atoms with Crippen molar-refractivity contribution in [3.8, 4) is 11.5 Å². The molecule has 0 spiro atoms. The number of rotatable bonds is 5. The first kappa shape index (κ1) is 14.1. The number of carbonyl (C=O) groups excluding carboxylic acids is 1. The summed E-state index contributed by atoms with van der Waals surface area (Å²) in [5, 5.41) is 3.31. The number of benzene rings is 1. The lowest BCUT2D eigenvalue weighted by Crippen LogP contribution is -2.42. The maximum absolute atomic E-state index is 11.0. The number of carbonyl (C=O) groups is 1. The van der Waals surface area contributed by atoms with Gasteiger partial charge in [0.25, 0.3) is 0 Å². The third-order valence-corrected chi connectivity index (χ3v) is 3.46. The van der Waals surface area contributed by atoms with Crippen LogP contribution in [0, 0.1) is 0 Å². The van der Waals surface area contributed by atoms with E-state index in [9.17, 15) is 4.79 Å². The molecule has 0 saturated carbocycles. The quantitative estimate of drug-likeness (QED) is 0.866. The van der Waals surface area contributed by atoms with E-state index in [0.29, 0.717) is 13.0 Å². The van der Waals surface area contributed by atoms with Crippen LogP contribution in [0.4, 0.5) is 0 Å². The number of fused-ring (bicyclic) bond motifs is 1. The van der Waals surface area contributed by atoms with Crippen LogP contribution in [0.15, 0.2) is 16.6 Å². The molecule has 1 aliphatic heterocycles. The van der Waals surface area contributed by atoms with Gasteiger partial charge in [0.1, 0.15) is 0 Å². The minimum Gasteiger partial charge on any atom is -0.454 e. The first-order valence-electron chi connectivity index (χ1n) is 5.99. The van der Waals surface area contributed by atoms with Crippen LogP contribution < -0.4 is 20.5 Å². The largest absolute Gasteiger partial charge is 0.454 e. The fourth-order valence-corrected chi connectivity index (χ4v) is 2.57. The summed E-state index contributed by atoms with van der Waals surface area (Å²) >= 11 is 3.45. The second-order valence-corrected chi connectivity index (χ2v) is 6.05. The lowest BCUT2D eigenvalue weighted by molar-refractivity contribution is -0.119. The second-order valence-electron chi connectivity index (χ2n) is 5.19. The van der Waals surface area contributed by atoms with E-state index in [0.717, 1.165) is 21.5 Å². The average Bonchev–Trinajstić information content (AvgIpc) is 2.73. The fraction of sp³-hybridized carbons (Fsp3) is 0.462. The third kappa shape index (κ3) is 3.61. The average molecular weight is 329 g/mol. The van der Waals surface area contributed by atoms with Gasteiger partial charge >= 0.3 is 0 Å². The Morgan fingerprint density at radius 2 is 2.21 bits per heavy atom. The van der Waals surface area contributed by atoms with Gasteiger partial charge in [-0.2, -0.15) is 0 Å². The molecule has 2 rings (SSSR count). The Balaban J connectivity index is 2.04. The molecule has 0 aromatic heterocycles. The van der Waals surface area contributed by atoms with Crippen LogP contribution in [0.5, 0.6) is 11.5 Å². The summed E-state index contributed by atoms with van der Waals surface area (Å²) in [7, 11) is 0. The van der Waals surface area contributed by atoms with Crippen molar-refractivity contribution in [1.82, 2.24) is 5.32 Å². The van der Waals surface area contributed by atoms with Gasteiger partial charge in [0.05, 0.1) is 4.47 Å². The number of ether oxygens (including phenoxy) is 2. The van der Waals surface area contributed by atoms with Crippen LogP contribution >= 0.6 is 15.9 Å². The van der Waals surface area contributed by atoms with Gasteiger partial charge in [-0.1, -0.05) is 0 Å². The van der Waals surface area contributed by atoms with Crippen molar-refractivity contribution in [3.63, 3.8) is 0 Å². The molecule has 1 aromatic carbocycles. The van der Waals surface area contributed by atoms with Gasteiger partial charge in [-0.15, -0.1) is 0 Å². The molecule has 0 radical (unpaired) electrons. The summed E-state index contributed by atoms with van der Waals surface area (Å²) in [6.07, 6.45) is 0.290. The van der Waals surface area contributed by atoms with Crippen LogP contribution in [0.1, 0.15) is 25.8 Å². The Morgan fingerprint density at radius 3 is 2.89 bits per heavy atom. The Bertz CT molecular complexity index is 503. The van der Waals surface area contributed by atoms with Crippen molar-refractivity contribution < 1.29 is 14.3 Å². The molecule has 5 nitrogen and oxygen atoms in total. The van der Waals surface area contributed by atoms with Crippen LogP contribution in [-0.2, 0) is 11.3 Å². The van der Waals surface area contributed by atoms with Crippen molar-refractivity contribution in [3.05, 3.63) is 22.2 Å². The summed E-state index contributed by atoms with van der Waals surface area (Å²) in [6, 6.07) is 3.90. The molecule has 0 atom stereocenters. The number of nitrogens with two attached hydrogens (primary N) is 1. The van der Waals surface area contributed by atoms with Crippen LogP contribution in [-0.4, -0.2) is 18.2 Å². The minimum absolute atomic E-state index is 0.248. The molecule has 1 heterocycles. The maximum atomic E-state index is 11.0. The molecule has 3 N–H and O–H groups in total. The maximum Gasteiger partial charge on any atom is 0.231 e. The molecule has 0 bridgehead atoms. The first-order valence-corrected chi connectivity index (χ1v) is 6.78. The number of primary amides is 1. The lowest BCUT2D eigenvalue weighted by Gasteiger charge is -2.25. The second kappa shape index (κ2) is 5.38. The predicted molar refractivity (Wildman–Crippen MR) is 75.0 cm³/mol. The first-order chi connectivity index (χ1) is 8.87. The third-order valence-electron chi connectivity index (χ3n) is 2.87. The van der Waals surface area contributed by atoms with E-state index in [1.165, 1.54) is 0 Å². The molecule has 104 valence electrons. The van der Waals surface area contributed by atoms with Gasteiger partial charge in [-0.05, 0) is 47.5 Å². The van der Waals surface area contributed by atoms with Crippen molar-refractivity contribution in [2.24, 2.45) is 5.73 Å². The zero-order chi connectivity index (χ0) is 14.0. The summed E-state index contributed by atoms with van der Waals surface area (Å²) in [5.41, 5.74) is 5.93. The zero-order valence-corrected chi connectivity index (χ0v) is 12.5. The number of hydrogen-bond donors (Lipinski definition) is 2. The SMILES string of the molecule is CC(C)(CC(N)=O)NCc1cc(Br)c2c(c1)OCO2. The van der Waals surface area contributed by atoms with Crippen LogP contribution in [0.2, 0.25) is 0 Å². The Hall–Kier alpha value is -1.27. The van der Waals surface area contributed by atoms with Gasteiger partial charge in [-0.3, -0.25) is 4.79 Å². The number of amides is 1. The topological polar surface area (TPSA) is 73.6 Å².